The van der Waals surface area contributed by atoms with E-state index in [2.05, 4.69) is 24.1 Å². The molecule has 0 fully saturated rings. The van der Waals surface area contributed by atoms with E-state index in [-0.39, 0.29) is 11.8 Å². The number of phenols is 1. The Balaban J connectivity index is 2.14. The second kappa shape index (κ2) is 4.75. The monoisotopic (exact) mass is 248 g/mol. The van der Waals surface area contributed by atoms with Crippen LogP contribution in [0, 0.1) is 13.8 Å². The zero-order valence-corrected chi connectivity index (χ0v) is 11.0. The zero-order chi connectivity index (χ0) is 12.4. The van der Waals surface area contributed by atoms with E-state index in [1.165, 1.54) is 4.88 Å². The normalized spacial score (nSPS) is 12.4. The van der Waals surface area contributed by atoms with Crippen molar-refractivity contribution < 1.29 is 5.11 Å². The fourth-order valence-corrected chi connectivity index (χ4v) is 2.74. The number of aromatic hydroxyl groups is 1. The standard InChI is InChI=1S/C13H16N2OS/c1-8(13-9(2)17-10(3)15-13)14-11-4-6-12(16)7-5-11/h4-8,14,16H,1-3H3. The van der Waals surface area contributed by atoms with Gasteiger partial charge in [-0.25, -0.2) is 4.98 Å². The molecule has 1 aromatic heterocycles. The number of aromatic nitrogens is 1. The van der Waals surface area contributed by atoms with Gasteiger partial charge in [0.05, 0.1) is 16.7 Å². The summed E-state index contributed by atoms with van der Waals surface area (Å²) in [4.78, 5) is 5.78. The molecule has 0 spiro atoms. The zero-order valence-electron chi connectivity index (χ0n) is 10.2. The predicted molar refractivity (Wildman–Crippen MR) is 71.7 cm³/mol. The van der Waals surface area contributed by atoms with Crippen molar-refractivity contribution in [1.82, 2.24) is 4.98 Å². The minimum Gasteiger partial charge on any atom is -0.508 e. The molecule has 2 N–H and O–H groups in total. The van der Waals surface area contributed by atoms with Crippen LogP contribution in [0.15, 0.2) is 24.3 Å². The average molecular weight is 248 g/mol. The Labute approximate surface area is 105 Å². The van der Waals surface area contributed by atoms with Crippen LogP contribution in [0.25, 0.3) is 0 Å². The van der Waals surface area contributed by atoms with Crippen molar-refractivity contribution in [1.29, 1.82) is 0 Å². The Hall–Kier alpha value is -1.55. The summed E-state index contributed by atoms with van der Waals surface area (Å²) in [6.45, 7) is 6.21. The maximum Gasteiger partial charge on any atom is 0.115 e. The van der Waals surface area contributed by atoms with E-state index in [0.717, 1.165) is 16.4 Å². The van der Waals surface area contributed by atoms with Gasteiger partial charge in [-0.3, -0.25) is 0 Å². The molecular formula is C13H16N2OS. The average Bonchev–Trinajstić information content (AvgIpc) is 2.61. The van der Waals surface area contributed by atoms with E-state index in [4.69, 9.17) is 0 Å². The number of phenolic OH excluding ortho intramolecular Hbond substituents is 1. The van der Waals surface area contributed by atoms with Crippen molar-refractivity contribution in [2.45, 2.75) is 26.8 Å². The van der Waals surface area contributed by atoms with Gasteiger partial charge in [-0.1, -0.05) is 0 Å². The summed E-state index contributed by atoms with van der Waals surface area (Å²) in [6, 6.07) is 7.24. The molecule has 0 radical (unpaired) electrons. The first kappa shape index (κ1) is 11.9. The van der Waals surface area contributed by atoms with E-state index in [1.54, 1.807) is 23.5 Å². The Morgan fingerprint density at radius 3 is 2.41 bits per heavy atom. The molecule has 0 aliphatic heterocycles. The van der Waals surface area contributed by atoms with E-state index < -0.39 is 0 Å². The summed E-state index contributed by atoms with van der Waals surface area (Å²) >= 11 is 1.72. The van der Waals surface area contributed by atoms with Gasteiger partial charge in [0.1, 0.15) is 5.75 Å². The summed E-state index contributed by atoms with van der Waals surface area (Å²) in [5, 5.41) is 13.7. The number of rotatable bonds is 3. The van der Waals surface area contributed by atoms with Gasteiger partial charge in [0.15, 0.2) is 0 Å². The molecule has 0 bridgehead atoms. The highest BCUT2D eigenvalue weighted by atomic mass is 32.1. The highest BCUT2D eigenvalue weighted by molar-refractivity contribution is 7.11. The molecule has 0 saturated heterocycles. The molecule has 1 heterocycles. The Kier molecular flexibility index (Phi) is 3.33. The third-order valence-corrected chi connectivity index (χ3v) is 3.50. The summed E-state index contributed by atoms with van der Waals surface area (Å²) in [5.74, 6) is 0.281. The third-order valence-electron chi connectivity index (χ3n) is 2.60. The van der Waals surface area contributed by atoms with Gasteiger partial charge < -0.3 is 10.4 Å². The van der Waals surface area contributed by atoms with Gasteiger partial charge >= 0.3 is 0 Å². The second-order valence-electron chi connectivity index (χ2n) is 4.09. The lowest BCUT2D eigenvalue weighted by molar-refractivity contribution is 0.475. The molecule has 2 aromatic rings. The number of hydrogen-bond donors (Lipinski definition) is 2. The minimum absolute atomic E-state index is 0.171. The van der Waals surface area contributed by atoms with Crippen LogP contribution in [0.5, 0.6) is 5.75 Å². The number of thiazole rings is 1. The van der Waals surface area contributed by atoms with Crippen LogP contribution in [-0.4, -0.2) is 10.1 Å². The first-order valence-electron chi connectivity index (χ1n) is 5.56. The van der Waals surface area contributed by atoms with Crippen molar-refractivity contribution in [3.63, 3.8) is 0 Å². The fourth-order valence-electron chi connectivity index (χ4n) is 1.82. The van der Waals surface area contributed by atoms with Crippen LogP contribution < -0.4 is 5.32 Å². The lowest BCUT2D eigenvalue weighted by Gasteiger charge is -2.14. The number of aryl methyl sites for hydroxylation is 2. The molecule has 0 amide bonds. The molecule has 1 aromatic carbocycles. The van der Waals surface area contributed by atoms with E-state index in [1.807, 2.05) is 19.1 Å². The van der Waals surface area contributed by atoms with Crippen LogP contribution in [0.4, 0.5) is 5.69 Å². The molecule has 2 rings (SSSR count). The van der Waals surface area contributed by atoms with E-state index in [0.29, 0.717) is 0 Å². The van der Waals surface area contributed by atoms with Gasteiger partial charge in [-0.05, 0) is 45.0 Å². The van der Waals surface area contributed by atoms with Gasteiger partial charge in [0.25, 0.3) is 0 Å². The number of hydrogen-bond acceptors (Lipinski definition) is 4. The molecule has 3 nitrogen and oxygen atoms in total. The number of anilines is 1. The minimum atomic E-state index is 0.171. The molecule has 1 atom stereocenters. The number of nitrogens with one attached hydrogen (secondary N) is 1. The number of benzene rings is 1. The van der Waals surface area contributed by atoms with Crippen molar-refractivity contribution in [2.24, 2.45) is 0 Å². The van der Waals surface area contributed by atoms with Crippen molar-refractivity contribution in [2.75, 3.05) is 5.32 Å². The molecule has 0 saturated carbocycles. The Morgan fingerprint density at radius 2 is 1.88 bits per heavy atom. The largest absolute Gasteiger partial charge is 0.508 e. The summed E-state index contributed by atoms with van der Waals surface area (Å²) in [5.41, 5.74) is 2.08. The Bertz CT molecular complexity index is 505. The lowest BCUT2D eigenvalue weighted by Crippen LogP contribution is -2.08. The van der Waals surface area contributed by atoms with Crippen LogP contribution in [0.1, 0.15) is 28.5 Å². The van der Waals surface area contributed by atoms with Crippen LogP contribution in [-0.2, 0) is 0 Å². The summed E-state index contributed by atoms with van der Waals surface area (Å²) in [6.07, 6.45) is 0. The SMILES string of the molecule is Cc1nc(C(C)Nc2ccc(O)cc2)c(C)s1. The third kappa shape index (κ3) is 2.77. The first-order chi connectivity index (χ1) is 8.06. The van der Waals surface area contributed by atoms with Crippen LogP contribution in [0.3, 0.4) is 0 Å². The van der Waals surface area contributed by atoms with Crippen LogP contribution in [0.2, 0.25) is 0 Å². The quantitative estimate of drug-likeness (QED) is 0.815. The lowest BCUT2D eigenvalue weighted by atomic mass is 10.2. The summed E-state index contributed by atoms with van der Waals surface area (Å²) < 4.78 is 0. The van der Waals surface area contributed by atoms with Gasteiger partial charge in [-0.2, -0.15) is 0 Å². The van der Waals surface area contributed by atoms with E-state index >= 15 is 0 Å². The van der Waals surface area contributed by atoms with Crippen LogP contribution >= 0.6 is 11.3 Å². The maximum atomic E-state index is 9.22. The molecule has 0 aliphatic rings. The maximum absolute atomic E-state index is 9.22. The molecule has 0 aliphatic carbocycles. The van der Waals surface area contributed by atoms with Gasteiger partial charge in [-0.15, -0.1) is 11.3 Å². The highest BCUT2D eigenvalue weighted by Gasteiger charge is 2.12. The molecular weight excluding hydrogens is 232 g/mol. The van der Waals surface area contributed by atoms with E-state index in [9.17, 15) is 5.11 Å². The molecule has 17 heavy (non-hydrogen) atoms. The topological polar surface area (TPSA) is 45.2 Å². The second-order valence-corrected chi connectivity index (χ2v) is 5.49. The predicted octanol–water partition coefficient (Wildman–Crippen LogP) is 3.64. The van der Waals surface area contributed by atoms with Crippen molar-refractivity contribution in [3.05, 3.63) is 39.8 Å². The first-order valence-corrected chi connectivity index (χ1v) is 6.37. The number of nitrogens with zero attached hydrogens (tertiary/aromatic N) is 1. The van der Waals surface area contributed by atoms with Gasteiger partial charge in [0.2, 0.25) is 0 Å². The van der Waals surface area contributed by atoms with Crippen molar-refractivity contribution >= 4 is 17.0 Å². The molecule has 4 heteroatoms. The fraction of sp³-hybridized carbons (Fsp3) is 0.308. The highest BCUT2D eigenvalue weighted by Crippen LogP contribution is 2.26. The van der Waals surface area contributed by atoms with Gasteiger partial charge in [0, 0.05) is 10.6 Å². The summed E-state index contributed by atoms with van der Waals surface area (Å²) in [7, 11) is 0. The van der Waals surface area contributed by atoms with Crippen molar-refractivity contribution in [3.8, 4) is 5.75 Å². The molecule has 1 unspecified atom stereocenters. The Morgan fingerprint density at radius 1 is 1.24 bits per heavy atom. The smallest absolute Gasteiger partial charge is 0.115 e. The molecule has 90 valence electrons.